The van der Waals surface area contributed by atoms with E-state index < -0.39 is 6.04 Å². The average Bonchev–Trinajstić information content (AvgIpc) is 2.58. The second-order valence-electron chi connectivity index (χ2n) is 5.46. The average molecular weight is 267 g/mol. The van der Waals surface area contributed by atoms with Crippen LogP contribution in [-0.4, -0.2) is 41.8 Å². The maximum Gasteiger partial charge on any atom is 0.252 e. The Hall–Kier alpha value is -1.43. The van der Waals surface area contributed by atoms with Gasteiger partial charge in [0.2, 0.25) is 11.8 Å². The molecule has 0 bridgehead atoms. The van der Waals surface area contributed by atoms with Gasteiger partial charge in [0.05, 0.1) is 12.3 Å². The Kier molecular flexibility index (Phi) is 4.19. The van der Waals surface area contributed by atoms with Crippen molar-refractivity contribution in [2.24, 2.45) is 11.7 Å². The maximum absolute atomic E-state index is 12.2. The second-order valence-corrected chi connectivity index (χ2v) is 5.46. The Morgan fingerprint density at radius 1 is 1.26 bits per heavy atom. The topological polar surface area (TPSA) is 92.5 Å². The Morgan fingerprint density at radius 3 is 2.58 bits per heavy atom. The van der Waals surface area contributed by atoms with Crippen molar-refractivity contribution in [1.82, 2.24) is 10.2 Å². The third-order valence-corrected chi connectivity index (χ3v) is 4.10. The molecule has 2 fully saturated rings. The second kappa shape index (κ2) is 5.69. The summed E-state index contributed by atoms with van der Waals surface area (Å²) in [6, 6.07) is -0.854. The van der Waals surface area contributed by atoms with E-state index in [0.29, 0.717) is 0 Å². The lowest BCUT2D eigenvalue weighted by molar-refractivity contribution is -0.138. The molecule has 6 nitrogen and oxygen atoms in total. The Bertz CT molecular complexity index is 397. The maximum atomic E-state index is 12.2. The zero-order valence-electron chi connectivity index (χ0n) is 11.2. The van der Waals surface area contributed by atoms with Crippen LogP contribution >= 0.6 is 0 Å². The summed E-state index contributed by atoms with van der Waals surface area (Å²) >= 11 is 0. The summed E-state index contributed by atoms with van der Waals surface area (Å²) in [5, 5.41) is 2.69. The number of nitrogens with one attached hydrogen (secondary N) is 1. The lowest BCUT2D eigenvalue weighted by atomic mass is 9.94. The molecule has 3 unspecified atom stereocenters. The normalized spacial score (nSPS) is 32.3. The van der Waals surface area contributed by atoms with Gasteiger partial charge >= 0.3 is 0 Å². The minimum Gasteiger partial charge on any atom is -0.343 e. The Labute approximate surface area is 112 Å². The Morgan fingerprint density at radius 2 is 1.95 bits per heavy atom. The quantitative estimate of drug-likeness (QED) is 0.534. The van der Waals surface area contributed by atoms with Crippen LogP contribution in [0.25, 0.3) is 0 Å². The number of carbonyl (C=O) groups is 3. The van der Waals surface area contributed by atoms with E-state index in [1.165, 1.54) is 7.05 Å². The van der Waals surface area contributed by atoms with Crippen molar-refractivity contribution in [2.75, 3.05) is 7.05 Å². The van der Waals surface area contributed by atoms with Gasteiger partial charge in [0.1, 0.15) is 6.04 Å². The van der Waals surface area contributed by atoms with E-state index in [4.69, 9.17) is 5.73 Å². The highest BCUT2D eigenvalue weighted by atomic mass is 16.2. The van der Waals surface area contributed by atoms with Gasteiger partial charge in [-0.15, -0.1) is 0 Å². The first-order chi connectivity index (χ1) is 9.00. The molecule has 0 radical (unpaired) electrons. The largest absolute Gasteiger partial charge is 0.343 e. The third-order valence-electron chi connectivity index (χ3n) is 4.10. The molecule has 6 heteroatoms. The van der Waals surface area contributed by atoms with Crippen molar-refractivity contribution >= 4 is 17.7 Å². The molecular weight excluding hydrogens is 246 g/mol. The minimum absolute atomic E-state index is 0.0586. The SMILES string of the molecule is CN1C(=O)CC(NC(=O)C2CCCCCC2N)C1=O. The van der Waals surface area contributed by atoms with Crippen molar-refractivity contribution in [2.45, 2.75) is 50.6 Å². The molecule has 3 N–H and O–H groups in total. The van der Waals surface area contributed by atoms with Crippen LogP contribution in [0.4, 0.5) is 0 Å². The van der Waals surface area contributed by atoms with Crippen molar-refractivity contribution < 1.29 is 14.4 Å². The van der Waals surface area contributed by atoms with Gasteiger partial charge < -0.3 is 11.1 Å². The molecule has 1 aliphatic heterocycles. The molecular formula is C13H21N3O3. The number of likely N-dealkylation sites (tertiary alicyclic amines) is 1. The van der Waals surface area contributed by atoms with Crippen LogP contribution in [0.15, 0.2) is 0 Å². The van der Waals surface area contributed by atoms with E-state index >= 15 is 0 Å². The first-order valence-electron chi connectivity index (χ1n) is 6.87. The van der Waals surface area contributed by atoms with E-state index in [0.717, 1.165) is 37.0 Å². The summed E-state index contributed by atoms with van der Waals surface area (Å²) in [5.74, 6) is -1.01. The molecule has 106 valence electrons. The van der Waals surface area contributed by atoms with Crippen molar-refractivity contribution in [3.8, 4) is 0 Å². The fraction of sp³-hybridized carbons (Fsp3) is 0.769. The molecule has 0 aromatic carbocycles. The molecule has 3 atom stereocenters. The first-order valence-corrected chi connectivity index (χ1v) is 6.87. The van der Waals surface area contributed by atoms with Gasteiger partial charge in [-0.1, -0.05) is 19.3 Å². The Balaban J connectivity index is 1.97. The zero-order chi connectivity index (χ0) is 14.0. The molecule has 0 aromatic rings. The predicted octanol–water partition coefficient (Wildman–Crippen LogP) is -0.232. The van der Waals surface area contributed by atoms with Gasteiger partial charge in [-0.25, -0.2) is 0 Å². The molecule has 19 heavy (non-hydrogen) atoms. The van der Waals surface area contributed by atoms with Crippen LogP contribution in [0.1, 0.15) is 38.5 Å². The molecule has 3 amide bonds. The van der Waals surface area contributed by atoms with E-state index in [1.807, 2.05) is 0 Å². The van der Waals surface area contributed by atoms with Gasteiger partial charge in [-0.2, -0.15) is 0 Å². The van der Waals surface area contributed by atoms with E-state index in [1.54, 1.807) is 0 Å². The molecule has 0 spiro atoms. The number of rotatable bonds is 2. The van der Waals surface area contributed by atoms with Gasteiger partial charge in [0, 0.05) is 13.1 Å². The highest BCUT2D eigenvalue weighted by Gasteiger charge is 2.38. The number of likely N-dealkylation sites (N-methyl/N-ethyl adjacent to an activating group) is 1. The number of nitrogens with two attached hydrogens (primary N) is 1. The molecule has 2 aliphatic rings. The summed E-state index contributed by atoms with van der Waals surface area (Å²) in [6.45, 7) is 0. The van der Waals surface area contributed by atoms with Crippen LogP contribution in [0.5, 0.6) is 0 Å². The van der Waals surface area contributed by atoms with Gasteiger partial charge in [-0.05, 0) is 12.8 Å². The molecule has 1 saturated heterocycles. The van der Waals surface area contributed by atoms with Gasteiger partial charge in [0.15, 0.2) is 0 Å². The number of imide groups is 1. The van der Waals surface area contributed by atoms with Crippen molar-refractivity contribution in [3.05, 3.63) is 0 Å². The monoisotopic (exact) mass is 267 g/mol. The van der Waals surface area contributed by atoms with Crippen LogP contribution in [0.2, 0.25) is 0 Å². The lowest BCUT2D eigenvalue weighted by Crippen LogP contribution is -2.47. The van der Waals surface area contributed by atoms with E-state index in [9.17, 15) is 14.4 Å². The highest BCUT2D eigenvalue weighted by Crippen LogP contribution is 2.23. The number of nitrogens with zero attached hydrogens (tertiary/aromatic N) is 1. The smallest absolute Gasteiger partial charge is 0.252 e. The molecule has 1 saturated carbocycles. The van der Waals surface area contributed by atoms with Crippen LogP contribution in [0, 0.1) is 5.92 Å². The minimum atomic E-state index is -0.708. The molecule has 2 rings (SSSR count). The first kappa shape index (κ1) is 14.0. The number of amides is 3. The van der Waals surface area contributed by atoms with Gasteiger partial charge in [-0.3, -0.25) is 19.3 Å². The molecule has 1 heterocycles. The summed E-state index contributed by atoms with van der Waals surface area (Å²) in [5.41, 5.74) is 6.02. The number of carbonyl (C=O) groups excluding carboxylic acids is 3. The van der Waals surface area contributed by atoms with Crippen molar-refractivity contribution in [1.29, 1.82) is 0 Å². The van der Waals surface area contributed by atoms with Crippen molar-refractivity contribution in [3.63, 3.8) is 0 Å². The number of hydrogen-bond donors (Lipinski definition) is 2. The molecule has 1 aliphatic carbocycles. The molecule has 0 aromatic heterocycles. The van der Waals surface area contributed by atoms with Crippen LogP contribution in [-0.2, 0) is 14.4 Å². The zero-order valence-corrected chi connectivity index (χ0v) is 11.2. The fourth-order valence-electron chi connectivity index (χ4n) is 2.81. The predicted molar refractivity (Wildman–Crippen MR) is 68.9 cm³/mol. The van der Waals surface area contributed by atoms with Crippen LogP contribution < -0.4 is 11.1 Å². The highest BCUT2D eigenvalue weighted by molar-refractivity contribution is 6.06. The van der Waals surface area contributed by atoms with E-state index in [2.05, 4.69) is 5.32 Å². The standard InChI is InChI=1S/C13H21N3O3/c1-16-11(17)7-10(13(16)19)15-12(18)8-5-3-2-4-6-9(8)14/h8-10H,2-7,14H2,1H3,(H,15,18). The lowest BCUT2D eigenvalue weighted by Gasteiger charge is -2.22. The van der Waals surface area contributed by atoms with Gasteiger partial charge in [0.25, 0.3) is 5.91 Å². The number of hydrogen-bond acceptors (Lipinski definition) is 4. The summed E-state index contributed by atoms with van der Waals surface area (Å²) < 4.78 is 0. The summed E-state index contributed by atoms with van der Waals surface area (Å²) in [7, 11) is 1.44. The van der Waals surface area contributed by atoms with E-state index in [-0.39, 0.29) is 36.1 Å². The van der Waals surface area contributed by atoms with Crippen LogP contribution in [0.3, 0.4) is 0 Å². The fourth-order valence-corrected chi connectivity index (χ4v) is 2.81. The summed E-state index contributed by atoms with van der Waals surface area (Å²) in [4.78, 5) is 36.4. The third kappa shape index (κ3) is 2.94. The summed E-state index contributed by atoms with van der Waals surface area (Å²) in [6.07, 6.45) is 4.80.